The molecule has 6 heteroatoms. The first-order valence-electron chi connectivity index (χ1n) is 11.2. The number of aryl methyl sites for hydroxylation is 1. The third-order valence-electron chi connectivity index (χ3n) is 6.67. The number of hydrogen-bond acceptors (Lipinski definition) is 4. The first-order valence-corrected chi connectivity index (χ1v) is 11.2. The van der Waals surface area contributed by atoms with Gasteiger partial charge in [-0.15, -0.1) is 0 Å². The van der Waals surface area contributed by atoms with Gasteiger partial charge in [-0.1, -0.05) is 18.9 Å². The minimum absolute atomic E-state index is 0.0678. The van der Waals surface area contributed by atoms with Gasteiger partial charge >= 0.3 is 0 Å². The zero-order valence-corrected chi connectivity index (χ0v) is 17.7. The molecule has 0 bridgehead atoms. The molecular formula is C24H30N4O2. The first kappa shape index (κ1) is 19.4. The van der Waals surface area contributed by atoms with Crippen molar-refractivity contribution in [3.8, 4) is 5.75 Å². The summed E-state index contributed by atoms with van der Waals surface area (Å²) in [6.07, 6.45) is 9.76. The van der Waals surface area contributed by atoms with Crippen molar-refractivity contribution in [2.24, 2.45) is 7.05 Å². The molecule has 2 aromatic heterocycles. The lowest BCUT2D eigenvalue weighted by Crippen LogP contribution is -2.38. The highest BCUT2D eigenvalue weighted by Crippen LogP contribution is 2.36. The zero-order chi connectivity index (χ0) is 20.5. The second-order valence-electron chi connectivity index (χ2n) is 8.73. The van der Waals surface area contributed by atoms with E-state index in [0.29, 0.717) is 6.04 Å². The van der Waals surface area contributed by atoms with Crippen molar-refractivity contribution >= 4 is 10.9 Å². The Morgan fingerprint density at radius 2 is 1.83 bits per heavy atom. The van der Waals surface area contributed by atoms with Gasteiger partial charge in [0.1, 0.15) is 11.9 Å². The number of piperidine rings is 1. The van der Waals surface area contributed by atoms with Crippen LogP contribution in [0.25, 0.3) is 10.9 Å². The Kier molecular flexibility index (Phi) is 5.34. The Bertz CT molecular complexity index is 1070. The molecule has 1 saturated heterocycles. The van der Waals surface area contributed by atoms with Gasteiger partial charge in [0.2, 0.25) is 0 Å². The highest BCUT2D eigenvalue weighted by atomic mass is 16.5. The fourth-order valence-electron chi connectivity index (χ4n) is 4.99. The molecule has 1 aliphatic carbocycles. The van der Waals surface area contributed by atoms with Crippen LogP contribution in [0.5, 0.6) is 5.75 Å². The standard InChI is InChI=1S/C24H30N4O2/c1-26-24(29)10-9-18(25-26)17-27-14-11-20(12-15-27)30-23-8-4-7-22-21(23)13-16-28(22)19-5-2-3-6-19/h4,7-10,13,16,19-20H,2-3,5-6,11-12,14-15,17H2,1H3. The summed E-state index contributed by atoms with van der Waals surface area (Å²) in [5, 5.41) is 5.59. The normalized spacial score (nSPS) is 19.0. The number of aromatic nitrogens is 3. The molecule has 1 aliphatic heterocycles. The van der Waals surface area contributed by atoms with E-state index in [0.717, 1.165) is 43.9 Å². The van der Waals surface area contributed by atoms with Crippen LogP contribution < -0.4 is 10.3 Å². The van der Waals surface area contributed by atoms with Gasteiger partial charge < -0.3 is 9.30 Å². The Labute approximate surface area is 177 Å². The van der Waals surface area contributed by atoms with E-state index in [1.165, 1.54) is 41.3 Å². The quantitative estimate of drug-likeness (QED) is 0.645. The molecule has 0 amide bonds. The van der Waals surface area contributed by atoms with Crippen molar-refractivity contribution in [3.63, 3.8) is 0 Å². The lowest BCUT2D eigenvalue weighted by atomic mass is 10.1. The number of nitrogens with zero attached hydrogens (tertiary/aromatic N) is 4. The van der Waals surface area contributed by atoms with Crippen LogP contribution in [0.1, 0.15) is 50.3 Å². The maximum absolute atomic E-state index is 11.5. The maximum atomic E-state index is 11.5. The smallest absolute Gasteiger partial charge is 0.266 e. The second kappa shape index (κ2) is 8.26. The van der Waals surface area contributed by atoms with E-state index in [1.54, 1.807) is 13.1 Å². The second-order valence-corrected chi connectivity index (χ2v) is 8.73. The summed E-state index contributed by atoms with van der Waals surface area (Å²) in [5.41, 5.74) is 2.17. The highest BCUT2D eigenvalue weighted by Gasteiger charge is 2.23. The molecule has 0 N–H and O–H groups in total. The van der Waals surface area contributed by atoms with Crippen LogP contribution in [0.4, 0.5) is 0 Å². The fourth-order valence-corrected chi connectivity index (χ4v) is 4.99. The number of likely N-dealkylation sites (tertiary alicyclic amines) is 1. The number of hydrogen-bond donors (Lipinski definition) is 0. The molecule has 0 radical (unpaired) electrons. The van der Waals surface area contributed by atoms with Crippen molar-refractivity contribution in [1.82, 2.24) is 19.2 Å². The molecule has 3 heterocycles. The van der Waals surface area contributed by atoms with Gasteiger partial charge in [-0.05, 0) is 49.9 Å². The average Bonchev–Trinajstić information content (AvgIpc) is 3.42. The topological polar surface area (TPSA) is 52.3 Å². The molecule has 0 spiro atoms. The molecule has 0 unspecified atom stereocenters. The van der Waals surface area contributed by atoms with E-state index in [9.17, 15) is 4.79 Å². The van der Waals surface area contributed by atoms with Crippen molar-refractivity contribution in [2.45, 2.75) is 57.2 Å². The molecule has 3 aromatic rings. The lowest BCUT2D eigenvalue weighted by Gasteiger charge is -2.32. The largest absolute Gasteiger partial charge is 0.490 e. The minimum atomic E-state index is -0.0678. The maximum Gasteiger partial charge on any atom is 0.266 e. The monoisotopic (exact) mass is 406 g/mol. The van der Waals surface area contributed by atoms with Crippen LogP contribution in [-0.4, -0.2) is 38.4 Å². The molecular weight excluding hydrogens is 376 g/mol. The summed E-state index contributed by atoms with van der Waals surface area (Å²) in [7, 11) is 1.70. The van der Waals surface area contributed by atoms with Crippen molar-refractivity contribution < 1.29 is 4.74 Å². The van der Waals surface area contributed by atoms with Crippen LogP contribution in [-0.2, 0) is 13.6 Å². The Hall–Kier alpha value is -2.60. The fraction of sp³-hybridized carbons (Fsp3) is 0.500. The molecule has 1 saturated carbocycles. The van der Waals surface area contributed by atoms with E-state index in [4.69, 9.17) is 4.74 Å². The number of fused-ring (bicyclic) bond motifs is 1. The van der Waals surface area contributed by atoms with Crippen LogP contribution in [0.3, 0.4) is 0 Å². The third-order valence-corrected chi connectivity index (χ3v) is 6.67. The molecule has 1 aromatic carbocycles. The summed E-state index contributed by atoms with van der Waals surface area (Å²) in [6, 6.07) is 12.8. The van der Waals surface area contributed by atoms with Gasteiger partial charge in [0.05, 0.1) is 11.2 Å². The summed E-state index contributed by atoms with van der Waals surface area (Å²) in [5.74, 6) is 1.02. The van der Waals surface area contributed by atoms with Crippen molar-refractivity contribution in [2.75, 3.05) is 13.1 Å². The highest BCUT2D eigenvalue weighted by molar-refractivity contribution is 5.86. The summed E-state index contributed by atoms with van der Waals surface area (Å²) < 4.78 is 10.3. The molecule has 2 fully saturated rings. The summed E-state index contributed by atoms with van der Waals surface area (Å²) >= 11 is 0. The average molecular weight is 407 g/mol. The number of benzene rings is 1. The van der Waals surface area contributed by atoms with Gasteiger partial charge in [-0.2, -0.15) is 5.10 Å². The Morgan fingerprint density at radius 1 is 1.03 bits per heavy atom. The third kappa shape index (κ3) is 3.88. The zero-order valence-electron chi connectivity index (χ0n) is 17.7. The van der Waals surface area contributed by atoms with Gasteiger partial charge in [0.25, 0.3) is 5.56 Å². The summed E-state index contributed by atoms with van der Waals surface area (Å²) in [4.78, 5) is 13.9. The predicted molar refractivity (Wildman–Crippen MR) is 118 cm³/mol. The van der Waals surface area contributed by atoms with Crippen LogP contribution in [0.15, 0.2) is 47.4 Å². The molecule has 0 atom stereocenters. The molecule has 6 nitrogen and oxygen atoms in total. The molecule has 158 valence electrons. The van der Waals surface area contributed by atoms with E-state index in [2.05, 4.69) is 45.0 Å². The molecule has 2 aliphatic rings. The van der Waals surface area contributed by atoms with E-state index >= 15 is 0 Å². The van der Waals surface area contributed by atoms with Crippen LogP contribution in [0, 0.1) is 0 Å². The van der Waals surface area contributed by atoms with Gasteiger partial charge in [-0.3, -0.25) is 9.69 Å². The van der Waals surface area contributed by atoms with E-state index in [-0.39, 0.29) is 11.7 Å². The predicted octanol–water partition coefficient (Wildman–Crippen LogP) is 3.89. The minimum Gasteiger partial charge on any atom is -0.490 e. The first-order chi connectivity index (χ1) is 14.7. The van der Waals surface area contributed by atoms with Crippen LogP contribution in [0.2, 0.25) is 0 Å². The molecule has 5 rings (SSSR count). The Morgan fingerprint density at radius 3 is 2.60 bits per heavy atom. The van der Waals surface area contributed by atoms with Gasteiger partial charge in [0, 0.05) is 50.4 Å². The van der Waals surface area contributed by atoms with Gasteiger partial charge in [-0.25, -0.2) is 4.68 Å². The SMILES string of the molecule is Cn1nc(CN2CCC(Oc3cccc4c3ccn4C3CCCC3)CC2)ccc1=O. The molecule has 30 heavy (non-hydrogen) atoms. The van der Waals surface area contributed by atoms with E-state index in [1.807, 2.05) is 6.07 Å². The van der Waals surface area contributed by atoms with Crippen molar-refractivity contribution in [1.29, 1.82) is 0 Å². The summed E-state index contributed by atoms with van der Waals surface area (Å²) in [6.45, 7) is 2.74. The van der Waals surface area contributed by atoms with Crippen molar-refractivity contribution in [3.05, 3.63) is 58.6 Å². The van der Waals surface area contributed by atoms with Gasteiger partial charge in [0.15, 0.2) is 0 Å². The number of rotatable bonds is 5. The lowest BCUT2D eigenvalue weighted by molar-refractivity contribution is 0.0969. The Balaban J connectivity index is 1.22. The van der Waals surface area contributed by atoms with E-state index < -0.39 is 0 Å². The number of ether oxygens (including phenoxy) is 1. The van der Waals surface area contributed by atoms with Crippen LogP contribution >= 0.6 is 0 Å².